The second-order valence-electron chi connectivity index (χ2n) is 3.08. The van der Waals surface area contributed by atoms with E-state index in [0.29, 0.717) is 11.6 Å². The lowest BCUT2D eigenvalue weighted by atomic mass is 10.2. The molecule has 1 aromatic carbocycles. The summed E-state index contributed by atoms with van der Waals surface area (Å²) in [7, 11) is 0. The van der Waals surface area contributed by atoms with Crippen LogP contribution >= 0.6 is 11.6 Å². The summed E-state index contributed by atoms with van der Waals surface area (Å²) in [4.78, 5) is 0. The molecule has 0 aliphatic carbocycles. The molecule has 0 radical (unpaired) electrons. The number of fused-ring (bicyclic) bond motifs is 1. The standard InChI is InChI=1S/C10H10ClN3/c11-8-2-1-7-5-9(3-4-12)13-14-10(7)6-8/h1-2,5-6H,3-4,12H2. The number of aromatic nitrogens is 2. The normalized spacial score (nSPS) is 10.7. The van der Waals surface area contributed by atoms with Gasteiger partial charge in [-0.25, -0.2) is 0 Å². The van der Waals surface area contributed by atoms with Crippen molar-refractivity contribution in [3.05, 3.63) is 35.0 Å². The zero-order valence-corrected chi connectivity index (χ0v) is 8.33. The van der Waals surface area contributed by atoms with Crippen molar-refractivity contribution in [3.63, 3.8) is 0 Å². The van der Waals surface area contributed by atoms with Crippen molar-refractivity contribution in [1.82, 2.24) is 10.2 Å². The van der Waals surface area contributed by atoms with Gasteiger partial charge in [-0.3, -0.25) is 0 Å². The molecule has 72 valence electrons. The molecule has 1 heterocycles. The maximum absolute atomic E-state index is 5.83. The van der Waals surface area contributed by atoms with Gasteiger partial charge in [-0.15, -0.1) is 0 Å². The molecular formula is C10H10ClN3. The van der Waals surface area contributed by atoms with Gasteiger partial charge >= 0.3 is 0 Å². The summed E-state index contributed by atoms with van der Waals surface area (Å²) in [6.45, 7) is 0.591. The van der Waals surface area contributed by atoms with Gasteiger partial charge in [0.1, 0.15) is 0 Å². The molecule has 0 spiro atoms. The van der Waals surface area contributed by atoms with Crippen LogP contribution in [0.4, 0.5) is 0 Å². The van der Waals surface area contributed by atoms with Crippen LogP contribution in [0.2, 0.25) is 5.02 Å². The highest BCUT2D eigenvalue weighted by Crippen LogP contribution is 2.17. The molecule has 0 atom stereocenters. The van der Waals surface area contributed by atoms with Crippen LogP contribution in [0.1, 0.15) is 5.69 Å². The summed E-state index contributed by atoms with van der Waals surface area (Å²) in [6, 6.07) is 7.58. The van der Waals surface area contributed by atoms with Crippen LogP contribution < -0.4 is 5.73 Å². The van der Waals surface area contributed by atoms with E-state index in [1.807, 2.05) is 18.2 Å². The first kappa shape index (κ1) is 9.37. The summed E-state index contributed by atoms with van der Waals surface area (Å²) in [5, 5.41) is 9.85. The summed E-state index contributed by atoms with van der Waals surface area (Å²) in [6.07, 6.45) is 0.756. The molecule has 0 fully saturated rings. The first-order chi connectivity index (χ1) is 6.79. The Morgan fingerprint density at radius 3 is 2.86 bits per heavy atom. The lowest BCUT2D eigenvalue weighted by Crippen LogP contribution is -2.05. The molecule has 1 aromatic heterocycles. The van der Waals surface area contributed by atoms with Gasteiger partial charge in [0.25, 0.3) is 0 Å². The summed E-state index contributed by atoms with van der Waals surface area (Å²) < 4.78 is 0. The third kappa shape index (κ3) is 1.84. The molecule has 2 N–H and O–H groups in total. The number of rotatable bonds is 2. The Morgan fingerprint density at radius 1 is 1.21 bits per heavy atom. The van der Waals surface area contributed by atoms with Crippen LogP contribution in [0.25, 0.3) is 10.9 Å². The fourth-order valence-electron chi connectivity index (χ4n) is 1.32. The second kappa shape index (κ2) is 3.90. The zero-order chi connectivity index (χ0) is 9.97. The highest BCUT2D eigenvalue weighted by Gasteiger charge is 1.99. The van der Waals surface area contributed by atoms with Gasteiger partial charge < -0.3 is 5.73 Å². The average molecular weight is 208 g/mol. The molecule has 14 heavy (non-hydrogen) atoms. The Hall–Kier alpha value is -1.19. The molecular weight excluding hydrogens is 198 g/mol. The molecule has 0 amide bonds. The molecule has 2 rings (SSSR count). The number of nitrogens with two attached hydrogens (primary N) is 1. The Labute approximate surface area is 86.9 Å². The number of benzene rings is 1. The van der Waals surface area contributed by atoms with Gasteiger partial charge in [0.15, 0.2) is 0 Å². The number of halogens is 1. The molecule has 0 aliphatic rings. The van der Waals surface area contributed by atoms with Gasteiger partial charge in [-0.05, 0) is 24.7 Å². The van der Waals surface area contributed by atoms with E-state index in [-0.39, 0.29) is 0 Å². The quantitative estimate of drug-likeness (QED) is 0.817. The number of hydrogen-bond acceptors (Lipinski definition) is 3. The topological polar surface area (TPSA) is 51.8 Å². The van der Waals surface area contributed by atoms with Gasteiger partial charge in [0, 0.05) is 16.8 Å². The maximum atomic E-state index is 5.83. The largest absolute Gasteiger partial charge is 0.330 e. The van der Waals surface area contributed by atoms with Crippen LogP contribution in [0, 0.1) is 0 Å². The van der Waals surface area contributed by atoms with E-state index in [1.165, 1.54) is 0 Å². The van der Waals surface area contributed by atoms with E-state index >= 15 is 0 Å². The summed E-state index contributed by atoms with van der Waals surface area (Å²) >= 11 is 5.83. The highest BCUT2D eigenvalue weighted by atomic mass is 35.5. The molecule has 0 aliphatic heterocycles. The fourth-order valence-corrected chi connectivity index (χ4v) is 1.49. The van der Waals surface area contributed by atoms with Crippen LogP contribution in [-0.4, -0.2) is 16.7 Å². The van der Waals surface area contributed by atoms with E-state index in [4.69, 9.17) is 17.3 Å². The van der Waals surface area contributed by atoms with Crippen LogP contribution in [0.3, 0.4) is 0 Å². The van der Waals surface area contributed by atoms with Gasteiger partial charge in [-0.1, -0.05) is 17.7 Å². The van der Waals surface area contributed by atoms with Gasteiger partial charge in [0.2, 0.25) is 0 Å². The third-order valence-corrected chi connectivity index (χ3v) is 2.24. The minimum absolute atomic E-state index is 0.591. The molecule has 0 unspecified atom stereocenters. The minimum Gasteiger partial charge on any atom is -0.330 e. The van der Waals surface area contributed by atoms with Crippen molar-refractivity contribution in [2.45, 2.75) is 6.42 Å². The van der Waals surface area contributed by atoms with E-state index in [1.54, 1.807) is 6.07 Å². The third-order valence-electron chi connectivity index (χ3n) is 2.00. The second-order valence-corrected chi connectivity index (χ2v) is 3.51. The lowest BCUT2D eigenvalue weighted by Gasteiger charge is -2.00. The van der Waals surface area contributed by atoms with Crippen molar-refractivity contribution in [2.75, 3.05) is 6.54 Å². The van der Waals surface area contributed by atoms with Crippen molar-refractivity contribution < 1.29 is 0 Å². The predicted octanol–water partition coefficient (Wildman–Crippen LogP) is 1.78. The molecule has 0 bridgehead atoms. The van der Waals surface area contributed by atoms with Crippen LogP contribution in [0.15, 0.2) is 24.3 Å². The fraction of sp³-hybridized carbons (Fsp3) is 0.200. The van der Waals surface area contributed by atoms with E-state index in [0.717, 1.165) is 23.0 Å². The smallest absolute Gasteiger partial charge is 0.0944 e. The Kier molecular flexibility index (Phi) is 2.61. The molecule has 2 aromatic rings. The monoisotopic (exact) mass is 207 g/mol. The minimum atomic E-state index is 0.591. The van der Waals surface area contributed by atoms with Crippen molar-refractivity contribution in [1.29, 1.82) is 0 Å². The lowest BCUT2D eigenvalue weighted by molar-refractivity contribution is 0.881. The van der Waals surface area contributed by atoms with Crippen molar-refractivity contribution in [2.24, 2.45) is 5.73 Å². The van der Waals surface area contributed by atoms with E-state index < -0.39 is 0 Å². The summed E-state index contributed by atoms with van der Waals surface area (Å²) in [5.74, 6) is 0. The Bertz CT molecular complexity index is 456. The van der Waals surface area contributed by atoms with Crippen LogP contribution in [0.5, 0.6) is 0 Å². The van der Waals surface area contributed by atoms with E-state index in [9.17, 15) is 0 Å². The predicted molar refractivity (Wildman–Crippen MR) is 57.3 cm³/mol. The maximum Gasteiger partial charge on any atom is 0.0944 e. The average Bonchev–Trinajstić information content (AvgIpc) is 2.19. The first-order valence-electron chi connectivity index (χ1n) is 4.41. The Morgan fingerprint density at radius 2 is 2.07 bits per heavy atom. The van der Waals surface area contributed by atoms with Crippen LogP contribution in [-0.2, 0) is 6.42 Å². The van der Waals surface area contributed by atoms with E-state index in [2.05, 4.69) is 10.2 Å². The molecule has 3 nitrogen and oxygen atoms in total. The SMILES string of the molecule is NCCc1cc2ccc(Cl)cc2nn1. The van der Waals surface area contributed by atoms with Gasteiger partial charge in [0.05, 0.1) is 11.2 Å². The van der Waals surface area contributed by atoms with Gasteiger partial charge in [-0.2, -0.15) is 10.2 Å². The first-order valence-corrected chi connectivity index (χ1v) is 4.79. The van der Waals surface area contributed by atoms with Crippen molar-refractivity contribution >= 4 is 22.5 Å². The van der Waals surface area contributed by atoms with Crippen molar-refractivity contribution in [3.8, 4) is 0 Å². The Balaban J connectivity index is 2.50. The number of hydrogen-bond donors (Lipinski definition) is 1. The molecule has 0 saturated carbocycles. The molecule has 4 heteroatoms. The zero-order valence-electron chi connectivity index (χ0n) is 7.57. The summed E-state index contributed by atoms with van der Waals surface area (Å²) in [5.41, 5.74) is 7.18. The molecule has 0 saturated heterocycles. The number of nitrogens with zero attached hydrogens (tertiary/aromatic N) is 2. The highest BCUT2D eigenvalue weighted by molar-refractivity contribution is 6.31.